The highest BCUT2D eigenvalue weighted by Crippen LogP contribution is 2.37. The molecule has 0 spiro atoms. The van der Waals surface area contributed by atoms with Crippen molar-refractivity contribution in [3.8, 4) is 5.75 Å². The van der Waals surface area contributed by atoms with Crippen LogP contribution in [0, 0.1) is 13.8 Å². The SMILES string of the molecule is COc1cc(C)c(SC(C)(C)C(=O)O)cc1C. The molecule has 1 N–H and O–H groups in total. The van der Waals surface area contributed by atoms with Crippen molar-refractivity contribution >= 4 is 17.7 Å². The molecule has 0 aliphatic carbocycles. The van der Waals surface area contributed by atoms with Crippen LogP contribution in [-0.4, -0.2) is 22.9 Å². The molecule has 1 aromatic rings. The van der Waals surface area contributed by atoms with Crippen molar-refractivity contribution in [1.29, 1.82) is 0 Å². The summed E-state index contributed by atoms with van der Waals surface area (Å²) in [6.45, 7) is 7.33. The van der Waals surface area contributed by atoms with Gasteiger partial charge in [0.05, 0.1) is 7.11 Å². The Morgan fingerprint density at radius 1 is 1.29 bits per heavy atom. The van der Waals surface area contributed by atoms with Gasteiger partial charge in [-0.25, -0.2) is 0 Å². The van der Waals surface area contributed by atoms with Crippen LogP contribution in [0.15, 0.2) is 17.0 Å². The summed E-state index contributed by atoms with van der Waals surface area (Å²) in [6, 6.07) is 3.92. The minimum atomic E-state index is -0.828. The van der Waals surface area contributed by atoms with E-state index in [0.717, 1.165) is 21.8 Å². The lowest BCUT2D eigenvalue weighted by molar-refractivity contribution is -0.138. The van der Waals surface area contributed by atoms with Crippen LogP contribution in [0.1, 0.15) is 25.0 Å². The van der Waals surface area contributed by atoms with E-state index in [-0.39, 0.29) is 0 Å². The molecule has 4 heteroatoms. The number of carboxylic acid groups (broad SMARTS) is 1. The summed E-state index contributed by atoms with van der Waals surface area (Å²) in [7, 11) is 1.63. The molecule has 0 unspecified atom stereocenters. The Bertz CT molecular complexity index is 439. The third-order valence-electron chi connectivity index (χ3n) is 2.57. The molecule has 0 bridgehead atoms. The maximum Gasteiger partial charge on any atom is 0.319 e. The lowest BCUT2D eigenvalue weighted by Gasteiger charge is -2.20. The topological polar surface area (TPSA) is 46.5 Å². The van der Waals surface area contributed by atoms with E-state index in [1.54, 1.807) is 21.0 Å². The van der Waals surface area contributed by atoms with Crippen LogP contribution < -0.4 is 4.74 Å². The van der Waals surface area contributed by atoms with E-state index in [2.05, 4.69) is 0 Å². The van der Waals surface area contributed by atoms with Gasteiger partial charge in [0.25, 0.3) is 0 Å². The van der Waals surface area contributed by atoms with Gasteiger partial charge in [0.2, 0.25) is 0 Å². The molecule has 0 amide bonds. The Morgan fingerprint density at radius 2 is 1.88 bits per heavy atom. The zero-order chi connectivity index (χ0) is 13.2. The first kappa shape index (κ1) is 13.9. The zero-order valence-corrected chi connectivity index (χ0v) is 11.6. The summed E-state index contributed by atoms with van der Waals surface area (Å²) in [5.41, 5.74) is 2.05. The number of carboxylic acids is 1. The summed E-state index contributed by atoms with van der Waals surface area (Å²) < 4.78 is 4.41. The monoisotopic (exact) mass is 254 g/mol. The summed E-state index contributed by atoms with van der Waals surface area (Å²) in [4.78, 5) is 12.1. The van der Waals surface area contributed by atoms with E-state index in [9.17, 15) is 4.79 Å². The van der Waals surface area contributed by atoms with Crippen LogP contribution in [0.5, 0.6) is 5.75 Å². The number of carbonyl (C=O) groups is 1. The molecule has 1 aromatic carbocycles. The molecule has 0 heterocycles. The Kier molecular flexibility index (Phi) is 4.09. The molecule has 1 rings (SSSR count). The highest BCUT2D eigenvalue weighted by atomic mass is 32.2. The van der Waals surface area contributed by atoms with Crippen molar-refractivity contribution in [2.24, 2.45) is 0 Å². The predicted octanol–water partition coefficient (Wildman–Crippen LogP) is 3.27. The van der Waals surface area contributed by atoms with E-state index in [1.807, 2.05) is 26.0 Å². The van der Waals surface area contributed by atoms with Crippen molar-refractivity contribution in [2.45, 2.75) is 37.3 Å². The normalized spacial score (nSPS) is 11.4. The zero-order valence-electron chi connectivity index (χ0n) is 10.8. The van der Waals surface area contributed by atoms with Gasteiger partial charge in [-0.05, 0) is 51.0 Å². The standard InChI is InChI=1S/C13H18O3S/c1-8-7-11(9(2)6-10(8)16-5)17-13(3,4)12(14)15/h6-7H,1-5H3,(H,14,15). The van der Waals surface area contributed by atoms with Gasteiger partial charge in [-0.15, -0.1) is 11.8 Å². The van der Waals surface area contributed by atoms with E-state index in [4.69, 9.17) is 9.84 Å². The van der Waals surface area contributed by atoms with Crippen LogP contribution in [0.3, 0.4) is 0 Å². The molecule has 0 saturated heterocycles. The first-order chi connectivity index (χ1) is 7.77. The van der Waals surface area contributed by atoms with Crippen LogP contribution in [0.4, 0.5) is 0 Å². The predicted molar refractivity (Wildman–Crippen MR) is 70.0 cm³/mol. The summed E-state index contributed by atoms with van der Waals surface area (Å²) in [6.07, 6.45) is 0. The maximum absolute atomic E-state index is 11.1. The van der Waals surface area contributed by atoms with Crippen molar-refractivity contribution in [3.05, 3.63) is 23.3 Å². The first-order valence-corrected chi connectivity index (χ1v) is 6.17. The van der Waals surface area contributed by atoms with Gasteiger partial charge >= 0.3 is 5.97 Å². The molecule has 0 atom stereocenters. The summed E-state index contributed by atoms with van der Waals surface area (Å²) >= 11 is 1.36. The van der Waals surface area contributed by atoms with Crippen LogP contribution >= 0.6 is 11.8 Å². The number of ether oxygens (including phenoxy) is 1. The van der Waals surface area contributed by atoms with Crippen LogP contribution in [-0.2, 0) is 4.79 Å². The van der Waals surface area contributed by atoms with Gasteiger partial charge in [0, 0.05) is 4.90 Å². The second-order valence-electron chi connectivity index (χ2n) is 4.50. The van der Waals surface area contributed by atoms with Crippen molar-refractivity contribution in [2.75, 3.05) is 7.11 Å². The largest absolute Gasteiger partial charge is 0.496 e. The third-order valence-corrected chi connectivity index (χ3v) is 3.92. The van der Waals surface area contributed by atoms with Crippen molar-refractivity contribution in [3.63, 3.8) is 0 Å². The number of benzene rings is 1. The van der Waals surface area contributed by atoms with Crippen molar-refractivity contribution in [1.82, 2.24) is 0 Å². The molecule has 94 valence electrons. The second-order valence-corrected chi connectivity index (χ2v) is 6.17. The van der Waals surface area contributed by atoms with Gasteiger partial charge in [0.1, 0.15) is 10.5 Å². The van der Waals surface area contributed by atoms with E-state index < -0.39 is 10.7 Å². The highest BCUT2D eigenvalue weighted by molar-refractivity contribution is 8.01. The molecule has 3 nitrogen and oxygen atoms in total. The Labute approximate surface area is 106 Å². The first-order valence-electron chi connectivity index (χ1n) is 5.35. The Hall–Kier alpha value is -1.16. The molecule has 0 fully saturated rings. The molecular weight excluding hydrogens is 236 g/mol. The lowest BCUT2D eigenvalue weighted by atomic mass is 10.1. The summed E-state index contributed by atoms with van der Waals surface area (Å²) in [5.74, 6) is 0.0235. The molecule has 0 aromatic heterocycles. The molecule has 0 radical (unpaired) electrons. The van der Waals surface area contributed by atoms with E-state index in [0.29, 0.717) is 0 Å². The Balaban J connectivity index is 3.08. The maximum atomic E-state index is 11.1. The fourth-order valence-corrected chi connectivity index (χ4v) is 2.50. The number of aryl methyl sites for hydroxylation is 2. The molecule has 0 aliphatic rings. The van der Waals surface area contributed by atoms with Crippen molar-refractivity contribution < 1.29 is 14.6 Å². The second kappa shape index (κ2) is 5.00. The number of rotatable bonds is 4. The quantitative estimate of drug-likeness (QED) is 0.838. The Morgan fingerprint density at radius 3 is 2.35 bits per heavy atom. The number of aliphatic carboxylic acids is 1. The number of hydrogen-bond donors (Lipinski definition) is 1. The van der Waals surface area contributed by atoms with Gasteiger partial charge in [-0.3, -0.25) is 4.79 Å². The number of hydrogen-bond acceptors (Lipinski definition) is 3. The fraction of sp³-hybridized carbons (Fsp3) is 0.462. The molecule has 17 heavy (non-hydrogen) atoms. The molecule has 0 saturated carbocycles. The lowest BCUT2D eigenvalue weighted by Crippen LogP contribution is -2.27. The van der Waals surface area contributed by atoms with Crippen LogP contribution in [0.2, 0.25) is 0 Å². The minimum Gasteiger partial charge on any atom is -0.496 e. The van der Waals surface area contributed by atoms with E-state index in [1.165, 1.54) is 11.8 Å². The average Bonchev–Trinajstić information content (AvgIpc) is 2.22. The smallest absolute Gasteiger partial charge is 0.319 e. The van der Waals surface area contributed by atoms with Gasteiger partial charge in [-0.1, -0.05) is 0 Å². The van der Waals surface area contributed by atoms with E-state index >= 15 is 0 Å². The highest BCUT2D eigenvalue weighted by Gasteiger charge is 2.29. The molecule has 0 aliphatic heterocycles. The third kappa shape index (κ3) is 3.16. The fourth-order valence-electron chi connectivity index (χ4n) is 1.41. The summed E-state index contributed by atoms with van der Waals surface area (Å²) in [5, 5.41) is 9.12. The van der Waals surface area contributed by atoms with Crippen LogP contribution in [0.25, 0.3) is 0 Å². The number of methoxy groups -OCH3 is 1. The van der Waals surface area contributed by atoms with Gasteiger partial charge < -0.3 is 9.84 Å². The van der Waals surface area contributed by atoms with Gasteiger partial charge in [-0.2, -0.15) is 0 Å². The molecular formula is C13H18O3S. The number of thioether (sulfide) groups is 1. The average molecular weight is 254 g/mol. The van der Waals surface area contributed by atoms with Gasteiger partial charge in [0.15, 0.2) is 0 Å². The minimum absolute atomic E-state index is 0.810.